The molecule has 0 aromatic heterocycles. The number of rotatable bonds is 10. The van der Waals surface area contributed by atoms with Gasteiger partial charge < -0.3 is 14.8 Å². The number of hydrogen-bond acceptors (Lipinski definition) is 4. The van der Waals surface area contributed by atoms with Crippen molar-refractivity contribution in [3.63, 3.8) is 0 Å². The lowest BCUT2D eigenvalue weighted by Crippen LogP contribution is -2.40. The van der Waals surface area contributed by atoms with Gasteiger partial charge in [0.1, 0.15) is 6.04 Å². The molecule has 1 N–H and O–H groups in total. The van der Waals surface area contributed by atoms with Crippen LogP contribution in [0.5, 0.6) is 0 Å². The highest BCUT2D eigenvalue weighted by Crippen LogP contribution is 2.29. The number of carbonyl (C=O) groups excluding carboxylic acids is 1. The third-order valence-electron chi connectivity index (χ3n) is 4.03. The maximum absolute atomic E-state index is 11.8. The smallest absolute Gasteiger partial charge is 0.323 e. The molecule has 0 saturated heterocycles. The van der Waals surface area contributed by atoms with Crippen LogP contribution in [-0.4, -0.2) is 37.9 Å². The van der Waals surface area contributed by atoms with Crippen molar-refractivity contribution in [1.82, 2.24) is 5.32 Å². The van der Waals surface area contributed by atoms with Crippen molar-refractivity contribution in [3.05, 3.63) is 0 Å². The van der Waals surface area contributed by atoms with Crippen LogP contribution in [0.3, 0.4) is 0 Å². The summed E-state index contributed by atoms with van der Waals surface area (Å²) >= 11 is 0. The van der Waals surface area contributed by atoms with Gasteiger partial charge >= 0.3 is 5.97 Å². The van der Waals surface area contributed by atoms with E-state index in [0.717, 1.165) is 18.9 Å². The van der Waals surface area contributed by atoms with E-state index in [9.17, 15) is 4.79 Å². The Morgan fingerprint density at radius 3 is 2.63 bits per heavy atom. The molecular weight excluding hydrogens is 242 g/mol. The minimum absolute atomic E-state index is 0.128. The van der Waals surface area contributed by atoms with Crippen molar-refractivity contribution in [3.8, 4) is 0 Å². The van der Waals surface area contributed by atoms with E-state index in [-0.39, 0.29) is 12.0 Å². The highest BCUT2D eigenvalue weighted by atomic mass is 16.5. The maximum Gasteiger partial charge on any atom is 0.323 e. The van der Waals surface area contributed by atoms with Gasteiger partial charge in [0.2, 0.25) is 0 Å². The Balaban J connectivity index is 1.56. The first-order valence-corrected chi connectivity index (χ1v) is 7.80. The monoisotopic (exact) mass is 269 g/mol. The Bertz CT molecular complexity index is 275. The molecule has 0 heterocycles. The molecule has 2 rings (SSSR count). The normalized spacial score (nSPS) is 20.9. The van der Waals surface area contributed by atoms with Gasteiger partial charge in [0.15, 0.2) is 0 Å². The molecule has 2 aliphatic carbocycles. The summed E-state index contributed by atoms with van der Waals surface area (Å²) in [4.78, 5) is 11.8. The molecule has 0 bridgehead atoms. The SMILES string of the molecule is CCOC(=O)C(CCOCCC1CCC1)NC1CC1. The molecular formula is C15H27NO3. The zero-order chi connectivity index (χ0) is 13.5. The van der Waals surface area contributed by atoms with Crippen LogP contribution in [0, 0.1) is 5.92 Å². The van der Waals surface area contributed by atoms with E-state index in [1.54, 1.807) is 0 Å². The van der Waals surface area contributed by atoms with Gasteiger partial charge in [0, 0.05) is 19.3 Å². The zero-order valence-electron chi connectivity index (χ0n) is 12.0. The van der Waals surface area contributed by atoms with Crippen molar-refractivity contribution in [1.29, 1.82) is 0 Å². The lowest BCUT2D eigenvalue weighted by Gasteiger charge is -2.25. The van der Waals surface area contributed by atoms with E-state index in [1.807, 2.05) is 6.92 Å². The molecule has 1 atom stereocenters. The molecule has 0 amide bonds. The third-order valence-corrected chi connectivity index (χ3v) is 4.03. The van der Waals surface area contributed by atoms with Gasteiger partial charge in [-0.15, -0.1) is 0 Å². The second-order valence-corrected chi connectivity index (χ2v) is 5.73. The number of hydrogen-bond donors (Lipinski definition) is 1. The molecule has 2 saturated carbocycles. The topological polar surface area (TPSA) is 47.6 Å². The average Bonchev–Trinajstić information content (AvgIpc) is 3.14. The molecule has 2 fully saturated rings. The van der Waals surface area contributed by atoms with Gasteiger partial charge in [-0.05, 0) is 38.5 Å². The second-order valence-electron chi connectivity index (χ2n) is 5.73. The van der Waals surface area contributed by atoms with Crippen LogP contribution < -0.4 is 5.32 Å². The van der Waals surface area contributed by atoms with E-state index in [1.165, 1.54) is 38.5 Å². The van der Waals surface area contributed by atoms with Crippen molar-refractivity contribution in [2.75, 3.05) is 19.8 Å². The minimum Gasteiger partial charge on any atom is -0.465 e. The molecule has 0 radical (unpaired) electrons. The highest BCUT2D eigenvalue weighted by Gasteiger charge is 2.28. The number of esters is 1. The van der Waals surface area contributed by atoms with Gasteiger partial charge in [-0.2, -0.15) is 0 Å². The first kappa shape index (κ1) is 14.8. The summed E-state index contributed by atoms with van der Waals surface area (Å²) in [5, 5.41) is 3.34. The molecule has 0 aromatic carbocycles. The Kier molecular flexibility index (Phi) is 6.11. The summed E-state index contributed by atoms with van der Waals surface area (Å²) in [7, 11) is 0. The lowest BCUT2D eigenvalue weighted by atomic mass is 9.83. The van der Waals surface area contributed by atoms with Gasteiger partial charge in [-0.1, -0.05) is 19.3 Å². The summed E-state index contributed by atoms with van der Waals surface area (Å²) < 4.78 is 10.8. The maximum atomic E-state index is 11.8. The molecule has 0 aliphatic heterocycles. The van der Waals surface area contributed by atoms with E-state index >= 15 is 0 Å². The van der Waals surface area contributed by atoms with Gasteiger partial charge in [0.25, 0.3) is 0 Å². The summed E-state index contributed by atoms with van der Waals surface area (Å²) in [6.45, 7) is 3.78. The van der Waals surface area contributed by atoms with E-state index in [0.29, 0.717) is 19.3 Å². The fourth-order valence-corrected chi connectivity index (χ4v) is 2.38. The largest absolute Gasteiger partial charge is 0.465 e. The van der Waals surface area contributed by atoms with E-state index in [4.69, 9.17) is 9.47 Å². The molecule has 4 nitrogen and oxygen atoms in total. The molecule has 0 spiro atoms. The van der Waals surface area contributed by atoms with Crippen LogP contribution in [0.25, 0.3) is 0 Å². The van der Waals surface area contributed by atoms with Crippen molar-refractivity contribution in [2.24, 2.45) is 5.92 Å². The van der Waals surface area contributed by atoms with Crippen molar-refractivity contribution >= 4 is 5.97 Å². The zero-order valence-corrected chi connectivity index (χ0v) is 12.0. The highest BCUT2D eigenvalue weighted by molar-refractivity contribution is 5.75. The van der Waals surface area contributed by atoms with Crippen LogP contribution in [0.4, 0.5) is 0 Å². The number of carbonyl (C=O) groups is 1. The van der Waals surface area contributed by atoms with Crippen LogP contribution in [-0.2, 0) is 14.3 Å². The van der Waals surface area contributed by atoms with Gasteiger partial charge in [-0.3, -0.25) is 4.79 Å². The van der Waals surface area contributed by atoms with E-state index < -0.39 is 0 Å². The molecule has 4 heteroatoms. The fraction of sp³-hybridized carbons (Fsp3) is 0.933. The molecule has 0 aromatic rings. The second kappa shape index (κ2) is 7.85. The van der Waals surface area contributed by atoms with Crippen molar-refractivity contribution < 1.29 is 14.3 Å². The van der Waals surface area contributed by atoms with Crippen LogP contribution in [0.15, 0.2) is 0 Å². The quantitative estimate of drug-likeness (QED) is 0.488. The Morgan fingerprint density at radius 1 is 1.26 bits per heavy atom. The third kappa shape index (κ3) is 5.49. The Hall–Kier alpha value is -0.610. The molecule has 19 heavy (non-hydrogen) atoms. The van der Waals surface area contributed by atoms with Crippen molar-refractivity contribution in [2.45, 2.75) is 64.0 Å². The number of ether oxygens (including phenoxy) is 2. The van der Waals surface area contributed by atoms with Crippen LogP contribution >= 0.6 is 0 Å². The molecule has 1 unspecified atom stereocenters. The average molecular weight is 269 g/mol. The standard InChI is InChI=1S/C15H27NO3/c1-2-19-15(17)14(16-13-6-7-13)9-11-18-10-8-12-4-3-5-12/h12-14,16H,2-11H2,1H3. The van der Waals surface area contributed by atoms with Gasteiger partial charge in [0.05, 0.1) is 6.61 Å². The first-order valence-electron chi connectivity index (χ1n) is 7.80. The summed E-state index contributed by atoms with van der Waals surface area (Å²) in [6, 6.07) is 0.334. The fourth-order valence-electron chi connectivity index (χ4n) is 2.38. The number of nitrogens with one attached hydrogen (secondary N) is 1. The van der Waals surface area contributed by atoms with Crippen LogP contribution in [0.2, 0.25) is 0 Å². The van der Waals surface area contributed by atoms with Crippen LogP contribution in [0.1, 0.15) is 51.9 Å². The summed E-state index contributed by atoms with van der Waals surface area (Å²) in [5.74, 6) is 0.766. The van der Waals surface area contributed by atoms with Gasteiger partial charge in [-0.25, -0.2) is 0 Å². The Labute approximate surface area is 116 Å². The Morgan fingerprint density at radius 2 is 2.05 bits per heavy atom. The summed E-state index contributed by atoms with van der Waals surface area (Å²) in [5.41, 5.74) is 0. The minimum atomic E-state index is -0.184. The predicted molar refractivity (Wildman–Crippen MR) is 74.0 cm³/mol. The molecule has 110 valence electrons. The predicted octanol–water partition coefficient (Wildman–Crippen LogP) is 2.27. The lowest BCUT2D eigenvalue weighted by molar-refractivity contribution is -0.146. The van der Waals surface area contributed by atoms with E-state index in [2.05, 4.69) is 5.32 Å². The summed E-state index contributed by atoms with van der Waals surface area (Å²) in [6.07, 6.45) is 8.40. The first-order chi connectivity index (χ1) is 9.29. The molecule has 2 aliphatic rings.